The highest BCUT2D eigenvalue weighted by atomic mass is 16.2. The number of rotatable bonds is 4. The molecule has 0 saturated carbocycles. The molecule has 1 aromatic carbocycles. The molecule has 2 rings (SSSR count). The van der Waals surface area contributed by atoms with Crippen molar-refractivity contribution in [1.29, 1.82) is 0 Å². The third-order valence-electron chi connectivity index (χ3n) is 2.80. The smallest absolute Gasteiger partial charge is 0.269 e. The lowest BCUT2D eigenvalue weighted by atomic mass is 10.1. The first-order valence-corrected chi connectivity index (χ1v) is 6.03. The van der Waals surface area contributed by atoms with Gasteiger partial charge in [0, 0.05) is 12.6 Å². The van der Waals surface area contributed by atoms with Gasteiger partial charge in [-0.1, -0.05) is 18.2 Å². The first-order valence-electron chi connectivity index (χ1n) is 6.03. The van der Waals surface area contributed by atoms with Crippen molar-refractivity contribution in [3.8, 4) is 0 Å². The van der Waals surface area contributed by atoms with Gasteiger partial charge in [0.2, 0.25) is 0 Å². The van der Waals surface area contributed by atoms with Crippen LogP contribution >= 0.6 is 0 Å². The zero-order valence-corrected chi connectivity index (χ0v) is 11.3. The maximum absolute atomic E-state index is 12.0. The fourth-order valence-corrected chi connectivity index (χ4v) is 1.71. The van der Waals surface area contributed by atoms with E-state index in [1.54, 1.807) is 19.2 Å². The van der Waals surface area contributed by atoms with Gasteiger partial charge in [-0.15, -0.1) is 0 Å². The third-order valence-corrected chi connectivity index (χ3v) is 2.80. The van der Waals surface area contributed by atoms with Crippen molar-refractivity contribution in [1.82, 2.24) is 15.4 Å². The molecule has 0 radical (unpaired) electrons. The van der Waals surface area contributed by atoms with Crippen molar-refractivity contribution >= 4 is 23.2 Å². The Morgan fingerprint density at radius 1 is 1.20 bits per heavy atom. The molecule has 1 aromatic heterocycles. The van der Waals surface area contributed by atoms with Crippen molar-refractivity contribution in [3.63, 3.8) is 0 Å². The maximum atomic E-state index is 12.0. The first-order chi connectivity index (χ1) is 9.63. The van der Waals surface area contributed by atoms with Crippen LogP contribution in [-0.4, -0.2) is 22.9 Å². The summed E-state index contributed by atoms with van der Waals surface area (Å²) in [5.74, 6) is 0.575. The molecule has 0 aliphatic carbocycles. The molecule has 0 unspecified atom stereocenters. The van der Waals surface area contributed by atoms with E-state index in [-0.39, 0.29) is 5.91 Å². The number of nitrogens with two attached hydrogens (primary N) is 1. The Morgan fingerprint density at radius 3 is 2.60 bits per heavy atom. The molecule has 0 aliphatic rings. The number of hydrogen-bond acceptors (Lipinski definition) is 6. The molecule has 1 amide bonds. The van der Waals surface area contributed by atoms with Crippen molar-refractivity contribution in [2.24, 2.45) is 0 Å². The molecule has 0 atom stereocenters. The summed E-state index contributed by atoms with van der Waals surface area (Å²) in [7, 11) is 1.70. The Kier molecular flexibility index (Phi) is 3.99. The monoisotopic (exact) mass is 272 g/mol. The minimum atomic E-state index is -0.257. The minimum absolute atomic E-state index is 0.257. The Labute approximate surface area is 116 Å². The summed E-state index contributed by atoms with van der Waals surface area (Å²) in [6, 6.07) is 7.29. The highest BCUT2D eigenvalue weighted by Gasteiger charge is 2.10. The van der Waals surface area contributed by atoms with Gasteiger partial charge in [-0.05, 0) is 18.6 Å². The average molecular weight is 272 g/mol. The molecular formula is C13H16N6O. The van der Waals surface area contributed by atoms with Gasteiger partial charge >= 0.3 is 0 Å². The van der Waals surface area contributed by atoms with E-state index >= 15 is 0 Å². The predicted octanol–water partition coefficient (Wildman–Crippen LogP) is 1.17. The Balaban J connectivity index is 2.10. The number of benzene rings is 1. The number of anilines is 3. The molecule has 2 aromatic rings. The number of nitrogens with zero attached hydrogens (tertiary/aromatic N) is 2. The SMILES string of the molecule is CNc1ncnc(NNC(=O)c2ccccc2C)c1N. The Bertz CT molecular complexity index is 628. The summed E-state index contributed by atoms with van der Waals surface area (Å²) in [6.45, 7) is 1.87. The summed E-state index contributed by atoms with van der Waals surface area (Å²) < 4.78 is 0. The van der Waals surface area contributed by atoms with Crippen LogP contribution in [0.15, 0.2) is 30.6 Å². The number of hydrazine groups is 1. The summed E-state index contributed by atoms with van der Waals surface area (Å²) in [4.78, 5) is 20.0. The Morgan fingerprint density at radius 2 is 1.90 bits per heavy atom. The number of aromatic nitrogens is 2. The number of hydrogen-bond donors (Lipinski definition) is 4. The normalized spacial score (nSPS) is 9.90. The van der Waals surface area contributed by atoms with E-state index in [1.165, 1.54) is 6.33 Å². The van der Waals surface area contributed by atoms with E-state index in [0.717, 1.165) is 5.56 Å². The van der Waals surface area contributed by atoms with Crippen LogP contribution in [0, 0.1) is 6.92 Å². The molecule has 0 saturated heterocycles. The van der Waals surface area contributed by atoms with Gasteiger partial charge in [-0.3, -0.25) is 15.6 Å². The number of nitrogen functional groups attached to an aromatic ring is 1. The van der Waals surface area contributed by atoms with Crippen LogP contribution in [-0.2, 0) is 0 Å². The number of carbonyl (C=O) groups excluding carboxylic acids is 1. The lowest BCUT2D eigenvalue weighted by Gasteiger charge is -2.12. The van der Waals surface area contributed by atoms with Gasteiger partial charge in [-0.25, -0.2) is 9.97 Å². The second-order valence-corrected chi connectivity index (χ2v) is 4.13. The predicted molar refractivity (Wildman–Crippen MR) is 78.3 cm³/mol. The summed E-state index contributed by atoms with van der Waals surface area (Å²) >= 11 is 0. The maximum Gasteiger partial charge on any atom is 0.269 e. The zero-order chi connectivity index (χ0) is 14.5. The molecule has 104 valence electrons. The van der Waals surface area contributed by atoms with Crippen molar-refractivity contribution in [2.75, 3.05) is 23.5 Å². The molecule has 0 aliphatic heterocycles. The van der Waals surface area contributed by atoms with E-state index in [9.17, 15) is 4.79 Å². The fourth-order valence-electron chi connectivity index (χ4n) is 1.71. The summed E-state index contributed by atoms with van der Waals surface area (Å²) in [5.41, 5.74) is 12.9. The topological polar surface area (TPSA) is 105 Å². The number of amides is 1. The molecule has 20 heavy (non-hydrogen) atoms. The number of nitrogens with one attached hydrogen (secondary N) is 3. The van der Waals surface area contributed by atoms with Gasteiger partial charge in [-0.2, -0.15) is 0 Å². The largest absolute Gasteiger partial charge is 0.393 e. The van der Waals surface area contributed by atoms with E-state index in [2.05, 4.69) is 26.1 Å². The first kappa shape index (κ1) is 13.6. The molecule has 0 fully saturated rings. The second kappa shape index (κ2) is 5.87. The molecule has 1 heterocycles. The van der Waals surface area contributed by atoms with Crippen LogP contribution in [0.2, 0.25) is 0 Å². The molecule has 0 spiro atoms. The summed E-state index contributed by atoms with van der Waals surface area (Å²) in [5, 5.41) is 2.84. The highest BCUT2D eigenvalue weighted by molar-refractivity contribution is 5.96. The molecule has 7 heteroatoms. The lowest BCUT2D eigenvalue weighted by Crippen LogP contribution is -2.30. The standard InChI is InChI=1S/C13H16N6O/c1-8-5-3-4-6-9(8)13(20)19-18-12-10(14)11(15-2)16-7-17-12/h3-7H,14H2,1-2H3,(H,19,20)(H2,15,16,17,18). The average Bonchev–Trinajstić information content (AvgIpc) is 2.46. The van der Waals surface area contributed by atoms with Gasteiger partial charge in [0.25, 0.3) is 5.91 Å². The zero-order valence-electron chi connectivity index (χ0n) is 11.3. The van der Waals surface area contributed by atoms with E-state index in [1.807, 2.05) is 19.1 Å². The van der Waals surface area contributed by atoms with Gasteiger partial charge in [0.15, 0.2) is 11.6 Å². The van der Waals surface area contributed by atoms with E-state index < -0.39 is 0 Å². The lowest BCUT2D eigenvalue weighted by molar-refractivity contribution is 0.0962. The number of aryl methyl sites for hydroxylation is 1. The van der Waals surface area contributed by atoms with E-state index in [4.69, 9.17) is 5.73 Å². The molecule has 7 nitrogen and oxygen atoms in total. The van der Waals surface area contributed by atoms with E-state index in [0.29, 0.717) is 22.9 Å². The van der Waals surface area contributed by atoms with Crippen molar-refractivity contribution in [3.05, 3.63) is 41.7 Å². The van der Waals surface area contributed by atoms with Crippen LogP contribution in [0.1, 0.15) is 15.9 Å². The molecule has 5 N–H and O–H groups in total. The van der Waals surface area contributed by atoms with Crippen molar-refractivity contribution < 1.29 is 4.79 Å². The van der Waals surface area contributed by atoms with Crippen LogP contribution in [0.3, 0.4) is 0 Å². The Hall–Kier alpha value is -2.83. The van der Waals surface area contributed by atoms with Gasteiger partial charge < -0.3 is 11.1 Å². The van der Waals surface area contributed by atoms with Crippen LogP contribution < -0.4 is 21.9 Å². The van der Waals surface area contributed by atoms with Crippen LogP contribution in [0.25, 0.3) is 0 Å². The summed E-state index contributed by atoms with van der Waals surface area (Å²) in [6.07, 6.45) is 1.35. The van der Waals surface area contributed by atoms with Crippen LogP contribution in [0.5, 0.6) is 0 Å². The van der Waals surface area contributed by atoms with Gasteiger partial charge in [0.05, 0.1) is 0 Å². The molecule has 0 bridgehead atoms. The quantitative estimate of drug-likeness (QED) is 0.623. The van der Waals surface area contributed by atoms with Gasteiger partial charge in [0.1, 0.15) is 12.0 Å². The fraction of sp³-hybridized carbons (Fsp3) is 0.154. The second-order valence-electron chi connectivity index (χ2n) is 4.13. The number of carbonyl (C=O) groups is 1. The van der Waals surface area contributed by atoms with Crippen LogP contribution in [0.4, 0.5) is 17.3 Å². The highest BCUT2D eigenvalue weighted by Crippen LogP contribution is 2.20. The van der Waals surface area contributed by atoms with Crippen molar-refractivity contribution in [2.45, 2.75) is 6.92 Å². The molecular weight excluding hydrogens is 256 g/mol. The minimum Gasteiger partial charge on any atom is -0.393 e. The third kappa shape index (κ3) is 2.77.